The molecule has 7 heteroatoms. The van der Waals surface area contributed by atoms with Crippen LogP contribution < -0.4 is 5.32 Å². The van der Waals surface area contributed by atoms with Crippen molar-refractivity contribution in [1.29, 1.82) is 0 Å². The van der Waals surface area contributed by atoms with E-state index in [4.69, 9.17) is 4.98 Å². The lowest BCUT2D eigenvalue weighted by molar-refractivity contribution is 0.0910. The van der Waals surface area contributed by atoms with Crippen molar-refractivity contribution in [2.45, 2.75) is 58.4 Å². The number of nitrogens with zero attached hydrogens (tertiary/aromatic N) is 4. The van der Waals surface area contributed by atoms with E-state index in [0.717, 1.165) is 36.3 Å². The number of rotatable bonds is 3. The summed E-state index contributed by atoms with van der Waals surface area (Å²) in [5, 5.41) is 17.8. The fraction of sp³-hybridized carbons (Fsp3) is 0.588. The minimum absolute atomic E-state index is 0.0463. The summed E-state index contributed by atoms with van der Waals surface area (Å²) in [6.45, 7) is 4.24. The van der Waals surface area contributed by atoms with Gasteiger partial charge in [-0.1, -0.05) is 26.7 Å². The maximum atomic E-state index is 12.6. The maximum Gasteiger partial charge on any atom is 0.208 e. The number of ketones is 1. The first-order valence-corrected chi connectivity index (χ1v) is 8.59. The zero-order chi connectivity index (χ0) is 16.7. The quantitative estimate of drug-likeness (QED) is 0.900. The van der Waals surface area contributed by atoms with Crippen LogP contribution in [0.2, 0.25) is 0 Å². The van der Waals surface area contributed by atoms with Crippen LogP contribution in [-0.4, -0.2) is 37.4 Å². The molecule has 0 atom stereocenters. The summed E-state index contributed by atoms with van der Waals surface area (Å²) in [6, 6.07) is 2.32. The van der Waals surface area contributed by atoms with Crippen molar-refractivity contribution in [3.63, 3.8) is 0 Å². The molecule has 0 amide bonds. The van der Waals surface area contributed by atoms with Gasteiger partial charge in [-0.3, -0.25) is 4.79 Å². The van der Waals surface area contributed by atoms with Crippen LogP contribution in [0.5, 0.6) is 0 Å². The largest absolute Gasteiger partial charge is 0.367 e. The van der Waals surface area contributed by atoms with Gasteiger partial charge in [0, 0.05) is 18.0 Å². The van der Waals surface area contributed by atoms with Crippen LogP contribution in [0.4, 0.5) is 5.82 Å². The average molecular weight is 326 g/mol. The SMILES string of the molecule is CC1(C)CC(=O)c2cc(-c3nn[nH]n3)c(NC3CCCC3)nc2C1. The molecule has 2 aromatic rings. The normalized spacial score (nSPS) is 20.2. The van der Waals surface area contributed by atoms with Gasteiger partial charge in [0.25, 0.3) is 0 Å². The summed E-state index contributed by atoms with van der Waals surface area (Å²) >= 11 is 0. The molecule has 2 aliphatic rings. The number of aromatic nitrogens is 5. The van der Waals surface area contributed by atoms with Crippen molar-refractivity contribution in [3.05, 3.63) is 17.3 Å². The van der Waals surface area contributed by atoms with Crippen LogP contribution in [-0.2, 0) is 6.42 Å². The maximum absolute atomic E-state index is 12.6. The molecular weight excluding hydrogens is 304 g/mol. The van der Waals surface area contributed by atoms with E-state index < -0.39 is 0 Å². The summed E-state index contributed by atoms with van der Waals surface area (Å²) in [4.78, 5) is 17.4. The Bertz CT molecular complexity index is 762. The van der Waals surface area contributed by atoms with Gasteiger partial charge >= 0.3 is 0 Å². The number of H-pyrrole nitrogens is 1. The Labute approximate surface area is 140 Å². The fourth-order valence-electron chi connectivity index (χ4n) is 3.79. The molecule has 4 rings (SSSR count). The predicted molar refractivity (Wildman–Crippen MR) is 89.7 cm³/mol. The van der Waals surface area contributed by atoms with Gasteiger partial charge in [0.1, 0.15) is 5.82 Å². The predicted octanol–water partition coefficient (Wildman–Crippen LogP) is 2.77. The lowest BCUT2D eigenvalue weighted by atomic mass is 9.75. The minimum Gasteiger partial charge on any atom is -0.367 e. The van der Waals surface area contributed by atoms with Crippen molar-refractivity contribution < 1.29 is 4.79 Å². The molecule has 0 saturated heterocycles. The third-order valence-corrected chi connectivity index (χ3v) is 4.97. The number of anilines is 1. The van der Waals surface area contributed by atoms with Crippen molar-refractivity contribution in [3.8, 4) is 11.4 Å². The molecule has 0 bridgehead atoms. The number of nitrogens with one attached hydrogen (secondary N) is 2. The van der Waals surface area contributed by atoms with E-state index >= 15 is 0 Å². The van der Waals surface area contributed by atoms with E-state index in [-0.39, 0.29) is 11.2 Å². The first-order chi connectivity index (χ1) is 11.5. The molecule has 0 spiro atoms. The van der Waals surface area contributed by atoms with Gasteiger partial charge in [0.2, 0.25) is 5.82 Å². The summed E-state index contributed by atoms with van der Waals surface area (Å²) in [5.41, 5.74) is 2.28. The topological polar surface area (TPSA) is 96.5 Å². The Kier molecular flexibility index (Phi) is 3.58. The fourth-order valence-corrected chi connectivity index (χ4v) is 3.79. The van der Waals surface area contributed by atoms with Crippen LogP contribution >= 0.6 is 0 Å². The van der Waals surface area contributed by atoms with Crippen LogP contribution in [0.15, 0.2) is 6.07 Å². The highest BCUT2D eigenvalue weighted by atomic mass is 16.1. The van der Waals surface area contributed by atoms with Crippen molar-refractivity contribution in [2.24, 2.45) is 5.41 Å². The number of tetrazole rings is 1. The number of aromatic amines is 1. The summed E-state index contributed by atoms with van der Waals surface area (Å²) in [5.74, 6) is 1.39. The third kappa shape index (κ3) is 2.79. The molecule has 7 nitrogen and oxygen atoms in total. The highest BCUT2D eigenvalue weighted by Gasteiger charge is 2.33. The molecule has 0 unspecified atom stereocenters. The lowest BCUT2D eigenvalue weighted by Crippen LogP contribution is -2.29. The molecular formula is C17H22N6O. The number of carbonyl (C=O) groups excluding carboxylic acids is 1. The van der Waals surface area contributed by atoms with Gasteiger partial charge in [-0.25, -0.2) is 4.98 Å². The first kappa shape index (κ1) is 15.2. The van der Waals surface area contributed by atoms with Crippen LogP contribution in [0.1, 0.15) is 62.0 Å². The highest BCUT2D eigenvalue weighted by molar-refractivity contribution is 6.00. The van der Waals surface area contributed by atoms with Gasteiger partial charge in [-0.05, 0) is 36.0 Å². The molecule has 2 aromatic heterocycles. The van der Waals surface area contributed by atoms with Gasteiger partial charge in [0.15, 0.2) is 5.78 Å². The molecule has 0 radical (unpaired) electrons. The molecule has 24 heavy (non-hydrogen) atoms. The second-order valence-corrected chi connectivity index (χ2v) is 7.68. The van der Waals surface area contributed by atoms with Gasteiger partial charge in [-0.2, -0.15) is 5.21 Å². The summed E-state index contributed by atoms with van der Waals surface area (Å²) in [6.07, 6.45) is 6.13. The van der Waals surface area contributed by atoms with E-state index in [9.17, 15) is 4.79 Å². The first-order valence-electron chi connectivity index (χ1n) is 8.59. The smallest absolute Gasteiger partial charge is 0.208 e. The summed E-state index contributed by atoms with van der Waals surface area (Å²) in [7, 11) is 0. The van der Waals surface area contributed by atoms with Crippen LogP contribution in [0.3, 0.4) is 0 Å². The van der Waals surface area contributed by atoms with E-state index in [0.29, 0.717) is 23.9 Å². The zero-order valence-electron chi connectivity index (χ0n) is 14.1. The van der Waals surface area contributed by atoms with E-state index in [2.05, 4.69) is 39.8 Å². The van der Waals surface area contributed by atoms with E-state index in [1.54, 1.807) is 0 Å². The van der Waals surface area contributed by atoms with Crippen LogP contribution in [0, 0.1) is 5.41 Å². The van der Waals surface area contributed by atoms with Gasteiger partial charge < -0.3 is 5.32 Å². The zero-order valence-corrected chi connectivity index (χ0v) is 14.1. The molecule has 1 fully saturated rings. The van der Waals surface area contributed by atoms with Gasteiger partial charge in [-0.15, -0.1) is 10.2 Å². The minimum atomic E-state index is -0.0463. The number of fused-ring (bicyclic) bond motifs is 1. The highest BCUT2D eigenvalue weighted by Crippen LogP contribution is 2.37. The molecule has 126 valence electrons. The molecule has 2 aliphatic carbocycles. The third-order valence-electron chi connectivity index (χ3n) is 4.97. The van der Waals surface area contributed by atoms with E-state index in [1.165, 1.54) is 12.8 Å². The Morgan fingerprint density at radius 3 is 2.71 bits per heavy atom. The standard InChI is InChI=1S/C17H22N6O/c1-17(2)8-13-11(14(24)9-17)7-12(16-20-22-23-21-16)15(19-13)18-10-5-3-4-6-10/h7,10H,3-6,8-9H2,1-2H3,(H,18,19)(H,20,21,22,23). The number of carbonyl (C=O) groups is 1. The van der Waals surface area contributed by atoms with Crippen molar-refractivity contribution in [1.82, 2.24) is 25.6 Å². The number of Topliss-reactive ketones (excluding diaryl/α,β-unsaturated/α-hetero) is 1. The molecule has 2 heterocycles. The Hall–Kier alpha value is -2.31. The Balaban J connectivity index is 1.79. The molecule has 2 N–H and O–H groups in total. The van der Waals surface area contributed by atoms with Crippen LogP contribution in [0.25, 0.3) is 11.4 Å². The monoisotopic (exact) mass is 326 g/mol. The van der Waals surface area contributed by atoms with E-state index in [1.807, 2.05) is 6.07 Å². The van der Waals surface area contributed by atoms with Gasteiger partial charge in [0.05, 0.1) is 11.3 Å². The Morgan fingerprint density at radius 1 is 1.21 bits per heavy atom. The molecule has 1 saturated carbocycles. The van der Waals surface area contributed by atoms with Crippen molar-refractivity contribution >= 4 is 11.6 Å². The second kappa shape index (κ2) is 5.65. The second-order valence-electron chi connectivity index (χ2n) is 7.68. The molecule has 0 aliphatic heterocycles. The lowest BCUT2D eigenvalue weighted by Gasteiger charge is -2.30. The number of hydrogen-bond acceptors (Lipinski definition) is 6. The van der Waals surface area contributed by atoms with Crippen molar-refractivity contribution in [2.75, 3.05) is 5.32 Å². The number of hydrogen-bond donors (Lipinski definition) is 2. The summed E-state index contributed by atoms with van der Waals surface area (Å²) < 4.78 is 0. The number of pyridine rings is 1. The molecule has 0 aromatic carbocycles. The average Bonchev–Trinajstić information content (AvgIpc) is 3.18. The Morgan fingerprint density at radius 2 is 2.00 bits per heavy atom.